The van der Waals surface area contributed by atoms with Crippen molar-refractivity contribution in [2.24, 2.45) is 5.41 Å². The molecule has 0 aliphatic carbocycles. The summed E-state index contributed by atoms with van der Waals surface area (Å²) in [5.41, 5.74) is 2.17. The van der Waals surface area contributed by atoms with Crippen molar-refractivity contribution in [3.63, 3.8) is 0 Å². The third-order valence-corrected chi connectivity index (χ3v) is 4.18. The van der Waals surface area contributed by atoms with Gasteiger partial charge in [0, 0.05) is 23.5 Å². The van der Waals surface area contributed by atoms with E-state index in [1.165, 1.54) is 24.8 Å². The quantitative estimate of drug-likeness (QED) is 0.851. The highest BCUT2D eigenvalue weighted by Gasteiger charge is 2.38. The summed E-state index contributed by atoms with van der Waals surface area (Å²) in [5, 5.41) is 4.28. The van der Waals surface area contributed by atoms with E-state index >= 15 is 0 Å². The minimum absolute atomic E-state index is 0.330. The van der Waals surface area contributed by atoms with E-state index in [0.29, 0.717) is 10.8 Å². The van der Waals surface area contributed by atoms with E-state index in [1.54, 1.807) is 0 Å². The lowest BCUT2D eigenvalue weighted by molar-refractivity contribution is 0.234. The maximum absolute atomic E-state index is 6.12. The molecule has 18 heavy (non-hydrogen) atoms. The summed E-state index contributed by atoms with van der Waals surface area (Å²) in [7, 11) is 0. The Morgan fingerprint density at radius 1 is 1.28 bits per heavy atom. The summed E-state index contributed by atoms with van der Waals surface area (Å²) in [6.07, 6.45) is 3.84. The fourth-order valence-electron chi connectivity index (χ4n) is 2.73. The topological polar surface area (TPSA) is 12.0 Å². The van der Waals surface area contributed by atoms with Crippen molar-refractivity contribution in [2.75, 3.05) is 13.1 Å². The van der Waals surface area contributed by atoms with Crippen molar-refractivity contribution in [3.8, 4) is 0 Å². The molecule has 1 aromatic rings. The molecule has 0 unspecified atom stereocenters. The summed E-state index contributed by atoms with van der Waals surface area (Å²) in [4.78, 5) is 0. The molecule has 1 N–H and O–H groups in total. The first-order valence-electron chi connectivity index (χ1n) is 6.88. The fourth-order valence-corrected chi connectivity index (χ4v) is 2.92. The Bertz CT molecular complexity index is 402. The summed E-state index contributed by atoms with van der Waals surface area (Å²) in [6.45, 7) is 9.14. The van der Waals surface area contributed by atoms with Crippen molar-refractivity contribution >= 4 is 11.6 Å². The molecule has 0 radical (unpaired) electrons. The van der Waals surface area contributed by atoms with Crippen LogP contribution in [0.25, 0.3) is 0 Å². The minimum Gasteiger partial charge on any atom is -0.315 e. The van der Waals surface area contributed by atoms with Gasteiger partial charge in [0.1, 0.15) is 0 Å². The van der Waals surface area contributed by atoms with Crippen LogP contribution in [0.15, 0.2) is 24.3 Å². The molecule has 100 valence electrons. The highest BCUT2D eigenvalue weighted by Crippen LogP contribution is 2.36. The van der Waals surface area contributed by atoms with Gasteiger partial charge in [-0.1, -0.05) is 50.9 Å². The molecule has 0 saturated carbocycles. The van der Waals surface area contributed by atoms with E-state index in [4.69, 9.17) is 11.6 Å². The Labute approximate surface area is 116 Å². The Morgan fingerprint density at radius 3 is 2.50 bits per heavy atom. The van der Waals surface area contributed by atoms with Crippen molar-refractivity contribution in [1.29, 1.82) is 0 Å². The molecular weight excluding hydrogens is 242 g/mol. The zero-order valence-corrected chi connectivity index (χ0v) is 12.5. The van der Waals surface area contributed by atoms with Crippen molar-refractivity contribution in [1.82, 2.24) is 5.32 Å². The van der Waals surface area contributed by atoms with E-state index in [-0.39, 0.29) is 0 Å². The van der Waals surface area contributed by atoms with Crippen molar-refractivity contribution in [2.45, 2.75) is 45.4 Å². The maximum atomic E-state index is 6.12. The van der Waals surface area contributed by atoms with E-state index in [9.17, 15) is 0 Å². The molecule has 1 aromatic carbocycles. The number of hydrogen-bond donors (Lipinski definition) is 1. The lowest BCUT2D eigenvalue weighted by Crippen LogP contribution is -2.56. The number of halogens is 1. The third-order valence-electron chi connectivity index (χ3n) is 3.95. The van der Waals surface area contributed by atoms with Gasteiger partial charge in [0.15, 0.2) is 0 Å². The normalized spacial score (nSPS) is 18.4. The molecular formula is C16H24ClN. The van der Waals surface area contributed by atoms with Gasteiger partial charge in [-0.25, -0.2) is 0 Å². The zero-order chi connectivity index (χ0) is 13.2. The summed E-state index contributed by atoms with van der Waals surface area (Å²) >= 11 is 6.12. The second-order valence-electron chi connectivity index (χ2n) is 6.81. The van der Waals surface area contributed by atoms with Gasteiger partial charge >= 0.3 is 0 Å². The number of rotatable bonds is 4. The lowest BCUT2D eigenvalue weighted by atomic mass is 9.71. The Kier molecular flexibility index (Phi) is 4.03. The predicted molar refractivity (Wildman–Crippen MR) is 79.3 cm³/mol. The molecule has 1 aliphatic rings. The SMILES string of the molecule is CC(C)(C)CCCC1(c2cccc(Cl)c2)CNC1. The molecule has 1 aliphatic heterocycles. The summed E-state index contributed by atoms with van der Waals surface area (Å²) < 4.78 is 0. The fraction of sp³-hybridized carbons (Fsp3) is 0.625. The number of hydrogen-bond acceptors (Lipinski definition) is 1. The average Bonchev–Trinajstić information content (AvgIpc) is 2.20. The Balaban J connectivity index is 2.03. The van der Waals surface area contributed by atoms with E-state index in [0.717, 1.165) is 18.1 Å². The molecule has 0 aromatic heterocycles. The van der Waals surface area contributed by atoms with Gasteiger partial charge in [-0.3, -0.25) is 0 Å². The van der Waals surface area contributed by atoms with Gasteiger partial charge in [-0.15, -0.1) is 0 Å². The van der Waals surface area contributed by atoms with Crippen LogP contribution in [0.4, 0.5) is 0 Å². The first kappa shape index (κ1) is 13.9. The predicted octanol–water partition coefficient (Wildman–Crippen LogP) is 4.40. The molecule has 2 rings (SSSR count). The van der Waals surface area contributed by atoms with Gasteiger partial charge in [-0.05, 0) is 36.0 Å². The molecule has 0 atom stereocenters. The van der Waals surface area contributed by atoms with Crippen LogP contribution < -0.4 is 5.32 Å². The van der Waals surface area contributed by atoms with E-state index in [2.05, 4.69) is 44.3 Å². The summed E-state index contributed by atoms with van der Waals surface area (Å²) in [6, 6.07) is 8.39. The van der Waals surface area contributed by atoms with Crippen LogP contribution in [-0.2, 0) is 5.41 Å². The standard InChI is InChI=1S/C16H24ClN/c1-15(2,3)8-5-9-16(11-18-12-16)13-6-4-7-14(17)10-13/h4,6-7,10,18H,5,8-9,11-12H2,1-3H3. The van der Waals surface area contributed by atoms with E-state index < -0.39 is 0 Å². The molecule has 0 bridgehead atoms. The molecule has 1 saturated heterocycles. The van der Waals surface area contributed by atoms with Gasteiger partial charge in [0.05, 0.1) is 0 Å². The molecule has 1 fully saturated rings. The van der Waals surface area contributed by atoms with Crippen LogP contribution in [0, 0.1) is 5.41 Å². The van der Waals surface area contributed by atoms with E-state index in [1.807, 2.05) is 6.07 Å². The van der Waals surface area contributed by atoms with Crippen LogP contribution in [-0.4, -0.2) is 13.1 Å². The van der Waals surface area contributed by atoms with Crippen LogP contribution in [0.1, 0.15) is 45.6 Å². The van der Waals surface area contributed by atoms with Gasteiger partial charge in [0.25, 0.3) is 0 Å². The highest BCUT2D eigenvalue weighted by molar-refractivity contribution is 6.30. The smallest absolute Gasteiger partial charge is 0.0408 e. The highest BCUT2D eigenvalue weighted by atomic mass is 35.5. The molecule has 0 amide bonds. The van der Waals surface area contributed by atoms with Crippen molar-refractivity contribution in [3.05, 3.63) is 34.9 Å². The van der Waals surface area contributed by atoms with Crippen LogP contribution in [0.3, 0.4) is 0 Å². The first-order chi connectivity index (χ1) is 8.41. The molecule has 1 heterocycles. The largest absolute Gasteiger partial charge is 0.315 e. The lowest BCUT2D eigenvalue weighted by Gasteiger charge is -2.44. The van der Waals surface area contributed by atoms with Gasteiger partial charge in [-0.2, -0.15) is 0 Å². The monoisotopic (exact) mass is 265 g/mol. The van der Waals surface area contributed by atoms with Gasteiger partial charge in [0.2, 0.25) is 0 Å². The van der Waals surface area contributed by atoms with Crippen LogP contribution in [0.2, 0.25) is 5.02 Å². The maximum Gasteiger partial charge on any atom is 0.0408 e. The number of benzene rings is 1. The number of nitrogens with one attached hydrogen (secondary N) is 1. The molecule has 1 nitrogen and oxygen atoms in total. The average molecular weight is 266 g/mol. The third kappa shape index (κ3) is 3.27. The second kappa shape index (κ2) is 5.22. The molecule has 2 heteroatoms. The zero-order valence-electron chi connectivity index (χ0n) is 11.7. The van der Waals surface area contributed by atoms with Crippen molar-refractivity contribution < 1.29 is 0 Å². The van der Waals surface area contributed by atoms with Crippen LogP contribution >= 0.6 is 11.6 Å². The second-order valence-corrected chi connectivity index (χ2v) is 7.24. The van der Waals surface area contributed by atoms with Gasteiger partial charge < -0.3 is 5.32 Å². The first-order valence-corrected chi connectivity index (χ1v) is 7.26. The van der Waals surface area contributed by atoms with Crippen LogP contribution in [0.5, 0.6) is 0 Å². The summed E-state index contributed by atoms with van der Waals surface area (Å²) in [5.74, 6) is 0. The Hall–Kier alpha value is -0.530. The Morgan fingerprint density at radius 2 is 2.00 bits per heavy atom. The minimum atomic E-state index is 0.330. The molecule has 0 spiro atoms.